The van der Waals surface area contributed by atoms with Gasteiger partial charge in [0.2, 0.25) is 12.7 Å². The number of aromatic nitrogens is 3. The minimum absolute atomic E-state index is 0.128. The third-order valence-corrected chi connectivity index (χ3v) is 6.55. The lowest BCUT2D eigenvalue weighted by Gasteiger charge is -2.11. The summed E-state index contributed by atoms with van der Waals surface area (Å²) in [6, 6.07) is 19.5. The Morgan fingerprint density at radius 1 is 1.00 bits per heavy atom. The van der Waals surface area contributed by atoms with Crippen molar-refractivity contribution >= 4 is 35.0 Å². The summed E-state index contributed by atoms with van der Waals surface area (Å²) >= 11 is 7.59. The lowest BCUT2D eigenvalue weighted by Crippen LogP contribution is -2.15. The highest BCUT2D eigenvalue weighted by atomic mass is 35.5. The molecule has 0 saturated carbocycles. The highest BCUT2D eigenvalue weighted by molar-refractivity contribution is 7.99. The van der Waals surface area contributed by atoms with Gasteiger partial charge >= 0.3 is 0 Å². The molecule has 1 amide bonds. The number of ether oxygens (including phenoxy) is 2. The number of anilines is 1. The van der Waals surface area contributed by atoms with Crippen molar-refractivity contribution in [3.8, 4) is 28.6 Å². The molecule has 34 heavy (non-hydrogen) atoms. The smallest absolute Gasteiger partial charge is 0.234 e. The van der Waals surface area contributed by atoms with E-state index in [0.717, 1.165) is 16.8 Å². The Morgan fingerprint density at radius 2 is 1.65 bits per heavy atom. The zero-order valence-electron chi connectivity index (χ0n) is 18.5. The summed E-state index contributed by atoms with van der Waals surface area (Å²) in [5.74, 6) is 1.73. The topological polar surface area (TPSA) is 78.3 Å². The van der Waals surface area contributed by atoms with E-state index in [1.54, 1.807) is 12.1 Å². The maximum atomic E-state index is 12.7. The second kappa shape index (κ2) is 9.40. The standard InChI is InChI=1S/C25H21ClN4O3S/c1-15-3-7-17(8-4-15)24-28-29-25(30(24)18-9-5-16(2)6-10-18)34-13-23(31)27-20-12-22-21(11-19(20)26)32-14-33-22/h3-12H,13-14H2,1-2H3,(H,27,31). The Kier molecular flexibility index (Phi) is 6.17. The maximum Gasteiger partial charge on any atom is 0.234 e. The first-order valence-corrected chi connectivity index (χ1v) is 12.0. The zero-order chi connectivity index (χ0) is 23.7. The first-order chi connectivity index (χ1) is 16.5. The Bertz CT molecular complexity index is 1350. The van der Waals surface area contributed by atoms with Crippen LogP contribution in [0.25, 0.3) is 17.1 Å². The van der Waals surface area contributed by atoms with Gasteiger partial charge in [-0.2, -0.15) is 0 Å². The molecule has 1 aromatic heterocycles. The quantitative estimate of drug-likeness (QED) is 0.350. The minimum Gasteiger partial charge on any atom is -0.454 e. The van der Waals surface area contributed by atoms with Gasteiger partial charge in [0.15, 0.2) is 22.5 Å². The van der Waals surface area contributed by atoms with Crippen LogP contribution in [0.3, 0.4) is 0 Å². The first kappa shape index (κ1) is 22.3. The number of amides is 1. The Morgan fingerprint density at radius 3 is 2.35 bits per heavy atom. The number of carbonyl (C=O) groups is 1. The van der Waals surface area contributed by atoms with E-state index in [2.05, 4.69) is 15.5 Å². The van der Waals surface area contributed by atoms with Gasteiger partial charge in [-0.05, 0) is 26.0 Å². The van der Waals surface area contributed by atoms with Crippen molar-refractivity contribution in [1.82, 2.24) is 14.8 Å². The number of fused-ring (bicyclic) bond motifs is 1. The van der Waals surface area contributed by atoms with Gasteiger partial charge in [-0.3, -0.25) is 9.36 Å². The first-order valence-electron chi connectivity index (χ1n) is 10.6. The molecule has 0 aliphatic carbocycles. The van der Waals surface area contributed by atoms with Crippen LogP contribution in [0.4, 0.5) is 5.69 Å². The molecule has 0 unspecified atom stereocenters. The summed E-state index contributed by atoms with van der Waals surface area (Å²) in [7, 11) is 0. The number of halogens is 1. The molecule has 7 nitrogen and oxygen atoms in total. The summed E-state index contributed by atoms with van der Waals surface area (Å²) in [6.07, 6.45) is 0. The molecule has 3 aromatic carbocycles. The number of rotatable bonds is 6. The molecule has 2 heterocycles. The molecule has 4 aromatic rings. The molecular weight excluding hydrogens is 472 g/mol. The second-order valence-electron chi connectivity index (χ2n) is 7.87. The molecule has 5 rings (SSSR count). The van der Waals surface area contributed by atoms with Crippen LogP contribution in [0.1, 0.15) is 11.1 Å². The van der Waals surface area contributed by atoms with E-state index in [4.69, 9.17) is 21.1 Å². The van der Waals surface area contributed by atoms with Crippen molar-refractivity contribution in [3.05, 3.63) is 76.8 Å². The van der Waals surface area contributed by atoms with Crippen LogP contribution in [0.5, 0.6) is 11.5 Å². The highest BCUT2D eigenvalue weighted by Crippen LogP contribution is 2.39. The molecule has 0 fully saturated rings. The number of nitrogens with one attached hydrogen (secondary N) is 1. The molecule has 0 spiro atoms. The van der Waals surface area contributed by atoms with Gasteiger partial charge in [0.05, 0.1) is 16.5 Å². The summed E-state index contributed by atoms with van der Waals surface area (Å²) < 4.78 is 12.7. The van der Waals surface area contributed by atoms with Crippen molar-refractivity contribution in [2.75, 3.05) is 17.9 Å². The Labute approximate surface area is 206 Å². The molecule has 1 N–H and O–H groups in total. The number of thioether (sulfide) groups is 1. The molecule has 172 valence electrons. The number of nitrogens with zero attached hydrogens (tertiary/aromatic N) is 3. The molecule has 9 heteroatoms. The van der Waals surface area contributed by atoms with Gasteiger partial charge in [0.1, 0.15) is 0 Å². The van der Waals surface area contributed by atoms with Gasteiger partial charge in [-0.1, -0.05) is 70.9 Å². The fraction of sp³-hybridized carbons (Fsp3) is 0.160. The van der Waals surface area contributed by atoms with Crippen LogP contribution >= 0.6 is 23.4 Å². The monoisotopic (exact) mass is 492 g/mol. The van der Waals surface area contributed by atoms with Crippen LogP contribution in [-0.2, 0) is 4.79 Å². The summed E-state index contributed by atoms with van der Waals surface area (Å²) in [5, 5.41) is 12.7. The van der Waals surface area contributed by atoms with E-state index in [9.17, 15) is 4.79 Å². The van der Waals surface area contributed by atoms with E-state index < -0.39 is 0 Å². The van der Waals surface area contributed by atoms with E-state index in [-0.39, 0.29) is 18.5 Å². The van der Waals surface area contributed by atoms with Gasteiger partial charge in [-0.15, -0.1) is 10.2 Å². The fourth-order valence-corrected chi connectivity index (χ4v) is 4.46. The highest BCUT2D eigenvalue weighted by Gasteiger charge is 2.20. The van der Waals surface area contributed by atoms with Gasteiger partial charge < -0.3 is 14.8 Å². The number of hydrogen-bond acceptors (Lipinski definition) is 6. The zero-order valence-corrected chi connectivity index (χ0v) is 20.1. The molecule has 0 saturated heterocycles. The summed E-state index contributed by atoms with van der Waals surface area (Å²) in [6.45, 7) is 4.22. The summed E-state index contributed by atoms with van der Waals surface area (Å²) in [4.78, 5) is 12.7. The van der Waals surface area contributed by atoms with Crippen LogP contribution in [0.2, 0.25) is 5.02 Å². The molecule has 1 aliphatic heterocycles. The number of aryl methyl sites for hydroxylation is 2. The van der Waals surface area contributed by atoms with E-state index >= 15 is 0 Å². The predicted molar refractivity (Wildman–Crippen MR) is 133 cm³/mol. The fourth-order valence-electron chi connectivity index (χ4n) is 3.51. The lowest BCUT2D eigenvalue weighted by molar-refractivity contribution is -0.113. The Hall–Kier alpha value is -3.49. The molecule has 0 bridgehead atoms. The number of hydrogen-bond donors (Lipinski definition) is 1. The average Bonchev–Trinajstić information content (AvgIpc) is 3.46. The third-order valence-electron chi connectivity index (χ3n) is 5.30. The number of carbonyl (C=O) groups excluding carboxylic acids is 1. The van der Waals surface area contributed by atoms with Crippen molar-refractivity contribution in [2.24, 2.45) is 0 Å². The van der Waals surface area contributed by atoms with E-state index in [0.29, 0.717) is 33.2 Å². The maximum absolute atomic E-state index is 12.7. The van der Waals surface area contributed by atoms with E-state index in [1.807, 2.05) is 66.9 Å². The minimum atomic E-state index is -0.221. The van der Waals surface area contributed by atoms with Crippen LogP contribution in [-0.4, -0.2) is 33.2 Å². The van der Waals surface area contributed by atoms with Gasteiger partial charge in [-0.25, -0.2) is 0 Å². The van der Waals surface area contributed by atoms with Crippen molar-refractivity contribution in [1.29, 1.82) is 0 Å². The van der Waals surface area contributed by atoms with E-state index in [1.165, 1.54) is 17.3 Å². The summed E-state index contributed by atoms with van der Waals surface area (Å²) in [5.41, 5.74) is 4.66. The molecule has 1 aliphatic rings. The molecule has 0 radical (unpaired) electrons. The SMILES string of the molecule is Cc1ccc(-c2nnc(SCC(=O)Nc3cc4c(cc3Cl)OCO4)n2-c2ccc(C)cc2)cc1. The average molecular weight is 493 g/mol. The van der Waals surface area contributed by atoms with Crippen LogP contribution < -0.4 is 14.8 Å². The largest absolute Gasteiger partial charge is 0.454 e. The van der Waals surface area contributed by atoms with Gasteiger partial charge in [0, 0.05) is 23.4 Å². The normalized spacial score (nSPS) is 12.1. The Balaban J connectivity index is 1.39. The van der Waals surface area contributed by atoms with Gasteiger partial charge in [0.25, 0.3) is 0 Å². The molecular formula is C25H21ClN4O3S. The van der Waals surface area contributed by atoms with Crippen molar-refractivity contribution < 1.29 is 14.3 Å². The van der Waals surface area contributed by atoms with Crippen LogP contribution in [0, 0.1) is 13.8 Å². The lowest BCUT2D eigenvalue weighted by atomic mass is 10.1. The van der Waals surface area contributed by atoms with Crippen molar-refractivity contribution in [3.63, 3.8) is 0 Å². The predicted octanol–water partition coefficient (Wildman–Crippen LogP) is 5.66. The van der Waals surface area contributed by atoms with Crippen molar-refractivity contribution in [2.45, 2.75) is 19.0 Å². The second-order valence-corrected chi connectivity index (χ2v) is 9.22. The third kappa shape index (κ3) is 4.60. The van der Waals surface area contributed by atoms with Crippen LogP contribution in [0.15, 0.2) is 65.8 Å². The molecule has 0 atom stereocenters. The number of benzene rings is 3.